The summed E-state index contributed by atoms with van der Waals surface area (Å²) in [6, 6.07) is 9.37. The van der Waals surface area contributed by atoms with Crippen molar-refractivity contribution in [3.63, 3.8) is 0 Å². The van der Waals surface area contributed by atoms with Gasteiger partial charge in [-0.2, -0.15) is 0 Å². The van der Waals surface area contributed by atoms with Gasteiger partial charge in [-0.05, 0) is 36.6 Å². The monoisotopic (exact) mass is 405 g/mol. The summed E-state index contributed by atoms with van der Waals surface area (Å²) >= 11 is 0. The second kappa shape index (κ2) is 8.87. The van der Waals surface area contributed by atoms with E-state index in [1.54, 1.807) is 6.20 Å². The van der Waals surface area contributed by atoms with Crippen molar-refractivity contribution in [3.8, 4) is 17.6 Å². The van der Waals surface area contributed by atoms with Crippen LogP contribution in [0.25, 0.3) is 0 Å². The third-order valence-corrected chi connectivity index (χ3v) is 5.08. The number of rotatable bonds is 7. The van der Waals surface area contributed by atoms with Gasteiger partial charge < -0.3 is 18.6 Å². The molecule has 4 rings (SSSR count). The number of nitrogens with zero attached hydrogens (tertiary/aromatic N) is 3. The molecule has 3 aromatic rings. The number of carbonyl (C=O) groups is 1. The maximum absolute atomic E-state index is 11.4. The standard InChI is InChI=1S/C23H23N3O4/c1-3-22-24-10-11-26(22)14-18-13-20(30-25-18)9-6-16-4-7-19(8-5-16)29-15-17-12-21(17)23(27)28-2/h4-5,7-8,10-11,13,17,21H,3,12,14-15H2,1-2H3. The van der Waals surface area contributed by atoms with Gasteiger partial charge in [-0.15, -0.1) is 0 Å². The van der Waals surface area contributed by atoms with Crippen molar-refractivity contribution in [2.45, 2.75) is 26.3 Å². The van der Waals surface area contributed by atoms with E-state index in [2.05, 4.69) is 28.9 Å². The fourth-order valence-corrected chi connectivity index (χ4v) is 3.26. The Morgan fingerprint density at radius 2 is 2.13 bits per heavy atom. The van der Waals surface area contributed by atoms with Gasteiger partial charge in [-0.25, -0.2) is 4.98 Å². The van der Waals surface area contributed by atoms with Crippen LogP contribution in [0.5, 0.6) is 5.75 Å². The minimum absolute atomic E-state index is 0.0192. The molecule has 2 unspecified atom stereocenters. The molecule has 1 saturated carbocycles. The molecule has 7 nitrogen and oxygen atoms in total. The average molecular weight is 405 g/mol. The lowest BCUT2D eigenvalue weighted by Crippen LogP contribution is -2.08. The van der Waals surface area contributed by atoms with Crippen molar-refractivity contribution in [1.82, 2.24) is 14.7 Å². The second-order valence-corrected chi connectivity index (χ2v) is 7.22. The molecule has 0 N–H and O–H groups in total. The van der Waals surface area contributed by atoms with E-state index in [1.807, 2.05) is 41.1 Å². The highest BCUT2D eigenvalue weighted by Gasteiger charge is 2.44. The molecule has 1 aliphatic carbocycles. The smallest absolute Gasteiger partial charge is 0.309 e. The van der Waals surface area contributed by atoms with E-state index in [-0.39, 0.29) is 17.8 Å². The second-order valence-electron chi connectivity index (χ2n) is 7.22. The van der Waals surface area contributed by atoms with Gasteiger partial charge >= 0.3 is 5.97 Å². The van der Waals surface area contributed by atoms with Crippen molar-refractivity contribution in [3.05, 3.63) is 65.6 Å². The number of ether oxygens (including phenoxy) is 2. The summed E-state index contributed by atoms with van der Waals surface area (Å²) in [5.41, 5.74) is 1.66. The van der Waals surface area contributed by atoms with Crippen LogP contribution < -0.4 is 4.74 Å². The van der Waals surface area contributed by atoms with E-state index in [0.29, 0.717) is 18.9 Å². The minimum Gasteiger partial charge on any atom is -0.493 e. The highest BCUT2D eigenvalue weighted by atomic mass is 16.5. The predicted octanol–water partition coefficient (Wildman–Crippen LogP) is 3.07. The molecule has 2 heterocycles. The number of methoxy groups -OCH3 is 1. The van der Waals surface area contributed by atoms with Crippen molar-refractivity contribution in [1.29, 1.82) is 0 Å². The van der Waals surface area contributed by atoms with Crippen LogP contribution in [0.3, 0.4) is 0 Å². The first kappa shape index (κ1) is 19.8. The van der Waals surface area contributed by atoms with Crippen LogP contribution >= 0.6 is 0 Å². The van der Waals surface area contributed by atoms with Gasteiger partial charge in [0.25, 0.3) is 0 Å². The zero-order chi connectivity index (χ0) is 20.9. The van der Waals surface area contributed by atoms with E-state index in [0.717, 1.165) is 35.7 Å². The van der Waals surface area contributed by atoms with Crippen molar-refractivity contribution in [2.24, 2.45) is 11.8 Å². The van der Waals surface area contributed by atoms with Gasteiger partial charge in [-0.3, -0.25) is 4.79 Å². The summed E-state index contributed by atoms with van der Waals surface area (Å²) in [6.45, 7) is 3.19. The van der Waals surface area contributed by atoms with Crippen LogP contribution in [-0.4, -0.2) is 34.4 Å². The molecule has 30 heavy (non-hydrogen) atoms. The summed E-state index contributed by atoms with van der Waals surface area (Å²) in [5, 5.41) is 4.09. The van der Waals surface area contributed by atoms with Gasteiger partial charge in [0.1, 0.15) is 17.3 Å². The molecule has 154 valence electrons. The normalized spacial score (nSPS) is 17.1. The molecule has 2 aromatic heterocycles. The Morgan fingerprint density at radius 1 is 1.30 bits per heavy atom. The number of benzene rings is 1. The third kappa shape index (κ3) is 4.71. The lowest BCUT2D eigenvalue weighted by atomic mass is 10.2. The van der Waals surface area contributed by atoms with Gasteiger partial charge in [0.15, 0.2) is 0 Å². The number of hydrogen-bond donors (Lipinski definition) is 0. The molecule has 0 bridgehead atoms. The largest absolute Gasteiger partial charge is 0.493 e. The Bertz CT molecular complexity index is 1070. The molecule has 1 aromatic carbocycles. The third-order valence-electron chi connectivity index (χ3n) is 5.08. The number of hydrogen-bond acceptors (Lipinski definition) is 6. The molecule has 1 fully saturated rings. The molecule has 0 amide bonds. The van der Waals surface area contributed by atoms with Crippen molar-refractivity contribution >= 4 is 5.97 Å². The number of carbonyl (C=O) groups excluding carboxylic acids is 1. The van der Waals surface area contributed by atoms with Gasteiger partial charge in [0, 0.05) is 36.4 Å². The summed E-state index contributed by atoms with van der Waals surface area (Å²) in [4.78, 5) is 15.7. The van der Waals surface area contributed by atoms with Crippen LogP contribution in [-0.2, 0) is 22.5 Å². The van der Waals surface area contributed by atoms with Crippen molar-refractivity contribution < 1.29 is 18.8 Å². The maximum Gasteiger partial charge on any atom is 0.309 e. The lowest BCUT2D eigenvalue weighted by molar-refractivity contribution is -0.142. The molecule has 7 heteroatoms. The molecule has 0 aliphatic heterocycles. The Balaban J connectivity index is 1.30. The molecule has 0 spiro atoms. The van der Waals surface area contributed by atoms with Gasteiger partial charge in [0.2, 0.25) is 5.76 Å². The molecular formula is C23H23N3O4. The Hall–Kier alpha value is -3.53. The summed E-state index contributed by atoms with van der Waals surface area (Å²) < 4.78 is 17.9. The first-order valence-electron chi connectivity index (χ1n) is 9.94. The molecule has 1 aliphatic rings. The van der Waals surface area contributed by atoms with E-state index >= 15 is 0 Å². The fraction of sp³-hybridized carbons (Fsp3) is 0.348. The van der Waals surface area contributed by atoms with Crippen LogP contribution in [0.1, 0.15) is 36.2 Å². The van der Waals surface area contributed by atoms with E-state index in [9.17, 15) is 4.79 Å². The zero-order valence-corrected chi connectivity index (χ0v) is 17.0. The molecule has 2 atom stereocenters. The first-order valence-corrected chi connectivity index (χ1v) is 9.94. The fourth-order valence-electron chi connectivity index (χ4n) is 3.26. The highest BCUT2D eigenvalue weighted by molar-refractivity contribution is 5.75. The number of esters is 1. The number of aromatic nitrogens is 3. The number of aryl methyl sites for hydroxylation is 1. The SMILES string of the molecule is CCc1nccn1Cc1cc(C#Cc2ccc(OCC3CC3C(=O)OC)cc2)on1. The number of imidazole rings is 1. The quantitative estimate of drug-likeness (QED) is 0.444. The van der Waals surface area contributed by atoms with Gasteiger partial charge in [0.05, 0.1) is 26.2 Å². The Labute approximate surface area is 175 Å². The zero-order valence-electron chi connectivity index (χ0n) is 17.0. The van der Waals surface area contributed by atoms with E-state index in [4.69, 9.17) is 14.0 Å². The average Bonchev–Trinajstić information content (AvgIpc) is 3.18. The highest BCUT2D eigenvalue weighted by Crippen LogP contribution is 2.39. The van der Waals surface area contributed by atoms with Crippen molar-refractivity contribution in [2.75, 3.05) is 13.7 Å². The van der Waals surface area contributed by atoms with Crippen LogP contribution in [0, 0.1) is 23.7 Å². The van der Waals surface area contributed by atoms with Gasteiger partial charge in [-0.1, -0.05) is 18.0 Å². The summed E-state index contributed by atoms with van der Waals surface area (Å²) in [5.74, 6) is 8.42. The molecule has 0 radical (unpaired) electrons. The van der Waals surface area contributed by atoms with E-state index < -0.39 is 0 Å². The molecular weight excluding hydrogens is 382 g/mol. The van der Waals surface area contributed by atoms with Crippen LogP contribution in [0.4, 0.5) is 0 Å². The van der Waals surface area contributed by atoms with E-state index in [1.165, 1.54) is 7.11 Å². The summed E-state index contributed by atoms with van der Waals surface area (Å²) in [7, 11) is 1.42. The predicted molar refractivity (Wildman–Crippen MR) is 109 cm³/mol. The minimum atomic E-state index is -0.152. The first-order chi connectivity index (χ1) is 14.7. The summed E-state index contributed by atoms with van der Waals surface area (Å²) in [6.07, 6.45) is 5.41. The maximum atomic E-state index is 11.4. The Kier molecular flexibility index (Phi) is 5.84. The Morgan fingerprint density at radius 3 is 2.90 bits per heavy atom. The van der Waals surface area contributed by atoms with Crippen LogP contribution in [0.2, 0.25) is 0 Å². The molecule has 0 saturated heterocycles. The van der Waals surface area contributed by atoms with Crippen LogP contribution in [0.15, 0.2) is 47.2 Å². The lowest BCUT2D eigenvalue weighted by Gasteiger charge is -2.05. The topological polar surface area (TPSA) is 79.4 Å².